The Kier molecular flexibility index (Phi) is 3.62. The lowest BCUT2D eigenvalue weighted by atomic mass is 9.78. The van der Waals surface area contributed by atoms with E-state index in [0.29, 0.717) is 5.92 Å². The van der Waals surface area contributed by atoms with Gasteiger partial charge >= 0.3 is 0 Å². The summed E-state index contributed by atoms with van der Waals surface area (Å²) < 4.78 is 0. The molecular weight excluding hydrogens is 146 g/mol. The zero-order chi connectivity index (χ0) is 8.97. The minimum absolute atomic E-state index is 0.0342. The minimum Gasteiger partial charge on any atom is -0.317 e. The first-order chi connectivity index (χ1) is 5.75. The molecule has 0 bridgehead atoms. The van der Waals surface area contributed by atoms with E-state index in [4.69, 9.17) is 12.2 Å². The van der Waals surface area contributed by atoms with E-state index in [2.05, 4.69) is 12.8 Å². The van der Waals surface area contributed by atoms with Gasteiger partial charge in [0.2, 0.25) is 0 Å². The number of nitrogens with two attached hydrogens (primary N) is 1. The van der Waals surface area contributed by atoms with E-state index in [0.717, 1.165) is 5.92 Å². The maximum absolute atomic E-state index is 5.81. The maximum atomic E-state index is 5.81. The zero-order valence-corrected chi connectivity index (χ0v) is 7.92. The molecule has 2 unspecified atom stereocenters. The fraction of sp³-hybridized carbons (Fsp3) is 0.818. The molecule has 1 aliphatic carbocycles. The van der Waals surface area contributed by atoms with E-state index >= 15 is 0 Å². The molecule has 0 aromatic rings. The van der Waals surface area contributed by atoms with Crippen molar-refractivity contribution in [3.05, 3.63) is 0 Å². The van der Waals surface area contributed by atoms with Gasteiger partial charge in [0.05, 0.1) is 6.04 Å². The molecule has 0 aliphatic heterocycles. The Bertz CT molecular complexity index is 162. The van der Waals surface area contributed by atoms with Crippen LogP contribution in [0.1, 0.15) is 39.0 Å². The lowest BCUT2D eigenvalue weighted by Gasteiger charge is -2.29. The highest BCUT2D eigenvalue weighted by Gasteiger charge is 2.23. The Morgan fingerprint density at radius 2 is 1.92 bits per heavy atom. The molecule has 0 heterocycles. The lowest BCUT2D eigenvalue weighted by Crippen LogP contribution is -2.32. The van der Waals surface area contributed by atoms with Crippen LogP contribution in [0.4, 0.5) is 0 Å². The highest BCUT2D eigenvalue weighted by atomic mass is 14.6. The molecule has 1 fully saturated rings. The standard InChI is InChI=1S/C11H19N/c1-3-11(12)9(2)10-7-5-4-6-8-10/h1,9-11H,4-8,12H2,2H3. The van der Waals surface area contributed by atoms with Crippen molar-refractivity contribution in [3.63, 3.8) is 0 Å². The molecule has 0 spiro atoms. The van der Waals surface area contributed by atoms with Gasteiger partial charge in [0.1, 0.15) is 0 Å². The van der Waals surface area contributed by atoms with Crippen LogP contribution in [0.3, 0.4) is 0 Å². The van der Waals surface area contributed by atoms with Crippen molar-refractivity contribution < 1.29 is 0 Å². The summed E-state index contributed by atoms with van der Waals surface area (Å²) >= 11 is 0. The van der Waals surface area contributed by atoms with Gasteiger partial charge in [-0.05, 0) is 11.8 Å². The normalized spacial score (nSPS) is 24.4. The van der Waals surface area contributed by atoms with Crippen LogP contribution in [-0.4, -0.2) is 6.04 Å². The number of terminal acetylenes is 1. The van der Waals surface area contributed by atoms with Crippen molar-refractivity contribution in [2.75, 3.05) is 0 Å². The SMILES string of the molecule is C#CC(N)C(C)C1CCCCC1. The summed E-state index contributed by atoms with van der Waals surface area (Å²) in [6.45, 7) is 2.19. The fourth-order valence-corrected chi connectivity index (χ4v) is 2.10. The fourth-order valence-electron chi connectivity index (χ4n) is 2.10. The van der Waals surface area contributed by atoms with Gasteiger partial charge in [-0.25, -0.2) is 0 Å². The molecule has 2 atom stereocenters. The van der Waals surface area contributed by atoms with Crippen molar-refractivity contribution in [1.82, 2.24) is 0 Å². The monoisotopic (exact) mass is 165 g/mol. The average molecular weight is 165 g/mol. The molecule has 1 nitrogen and oxygen atoms in total. The Morgan fingerprint density at radius 3 is 2.42 bits per heavy atom. The summed E-state index contributed by atoms with van der Waals surface area (Å²) in [4.78, 5) is 0. The van der Waals surface area contributed by atoms with E-state index in [1.165, 1.54) is 32.1 Å². The predicted octanol–water partition coefficient (Wildman–Crippen LogP) is 2.16. The number of hydrogen-bond acceptors (Lipinski definition) is 1. The van der Waals surface area contributed by atoms with Crippen molar-refractivity contribution in [3.8, 4) is 12.3 Å². The minimum atomic E-state index is -0.0342. The van der Waals surface area contributed by atoms with Crippen LogP contribution in [0.5, 0.6) is 0 Å². The second-order valence-electron chi connectivity index (χ2n) is 3.95. The average Bonchev–Trinajstić information content (AvgIpc) is 2.17. The number of rotatable bonds is 2. The smallest absolute Gasteiger partial charge is 0.0690 e. The molecule has 0 amide bonds. The highest BCUT2D eigenvalue weighted by molar-refractivity contribution is 5.00. The van der Waals surface area contributed by atoms with Gasteiger partial charge in [0, 0.05) is 0 Å². The van der Waals surface area contributed by atoms with Crippen LogP contribution >= 0.6 is 0 Å². The summed E-state index contributed by atoms with van der Waals surface area (Å²) in [6.07, 6.45) is 12.1. The van der Waals surface area contributed by atoms with Crippen LogP contribution in [-0.2, 0) is 0 Å². The second-order valence-corrected chi connectivity index (χ2v) is 3.95. The Morgan fingerprint density at radius 1 is 1.33 bits per heavy atom. The predicted molar refractivity (Wildman–Crippen MR) is 52.5 cm³/mol. The van der Waals surface area contributed by atoms with E-state index in [9.17, 15) is 0 Å². The highest BCUT2D eigenvalue weighted by Crippen LogP contribution is 2.30. The van der Waals surface area contributed by atoms with Crippen LogP contribution < -0.4 is 5.73 Å². The van der Waals surface area contributed by atoms with E-state index in [1.54, 1.807) is 0 Å². The molecule has 2 N–H and O–H groups in total. The van der Waals surface area contributed by atoms with Gasteiger partial charge in [0.25, 0.3) is 0 Å². The molecule has 12 heavy (non-hydrogen) atoms. The van der Waals surface area contributed by atoms with Crippen LogP contribution in [0, 0.1) is 24.2 Å². The third-order valence-electron chi connectivity index (χ3n) is 3.15. The summed E-state index contributed by atoms with van der Waals surface area (Å²) in [6, 6.07) is -0.0342. The van der Waals surface area contributed by atoms with Gasteiger partial charge in [0.15, 0.2) is 0 Å². The molecule has 1 rings (SSSR count). The van der Waals surface area contributed by atoms with Crippen LogP contribution in [0.25, 0.3) is 0 Å². The van der Waals surface area contributed by atoms with Gasteiger partial charge in [-0.3, -0.25) is 0 Å². The zero-order valence-electron chi connectivity index (χ0n) is 7.92. The molecular formula is C11H19N. The molecule has 0 saturated heterocycles. The Labute approximate surface area is 75.7 Å². The molecule has 0 radical (unpaired) electrons. The summed E-state index contributed by atoms with van der Waals surface area (Å²) in [5.41, 5.74) is 5.81. The third kappa shape index (κ3) is 2.25. The molecule has 68 valence electrons. The lowest BCUT2D eigenvalue weighted by molar-refractivity contribution is 0.251. The largest absolute Gasteiger partial charge is 0.317 e. The van der Waals surface area contributed by atoms with Gasteiger partial charge in [-0.15, -0.1) is 6.42 Å². The summed E-state index contributed by atoms with van der Waals surface area (Å²) in [7, 11) is 0. The van der Waals surface area contributed by atoms with Gasteiger partial charge in [-0.1, -0.05) is 44.9 Å². The first-order valence-corrected chi connectivity index (χ1v) is 4.97. The first kappa shape index (κ1) is 9.61. The van der Waals surface area contributed by atoms with Crippen LogP contribution in [0.2, 0.25) is 0 Å². The molecule has 1 heteroatoms. The summed E-state index contributed by atoms with van der Waals surface area (Å²) in [5, 5.41) is 0. The first-order valence-electron chi connectivity index (χ1n) is 4.97. The van der Waals surface area contributed by atoms with Crippen molar-refractivity contribution >= 4 is 0 Å². The van der Waals surface area contributed by atoms with Gasteiger partial charge < -0.3 is 5.73 Å². The van der Waals surface area contributed by atoms with E-state index in [1.807, 2.05) is 0 Å². The quantitative estimate of drug-likeness (QED) is 0.623. The molecule has 1 aliphatic rings. The maximum Gasteiger partial charge on any atom is 0.0690 e. The van der Waals surface area contributed by atoms with E-state index in [-0.39, 0.29) is 6.04 Å². The Balaban J connectivity index is 2.40. The van der Waals surface area contributed by atoms with Crippen molar-refractivity contribution in [2.45, 2.75) is 45.1 Å². The third-order valence-corrected chi connectivity index (χ3v) is 3.15. The number of hydrogen-bond donors (Lipinski definition) is 1. The Hall–Kier alpha value is -0.480. The van der Waals surface area contributed by atoms with Gasteiger partial charge in [-0.2, -0.15) is 0 Å². The topological polar surface area (TPSA) is 26.0 Å². The van der Waals surface area contributed by atoms with Crippen molar-refractivity contribution in [2.24, 2.45) is 17.6 Å². The second kappa shape index (κ2) is 4.52. The molecule has 1 saturated carbocycles. The molecule has 0 aromatic heterocycles. The van der Waals surface area contributed by atoms with Crippen molar-refractivity contribution in [1.29, 1.82) is 0 Å². The summed E-state index contributed by atoms with van der Waals surface area (Å²) in [5.74, 6) is 3.93. The van der Waals surface area contributed by atoms with E-state index < -0.39 is 0 Å². The van der Waals surface area contributed by atoms with Crippen LogP contribution in [0.15, 0.2) is 0 Å². The molecule has 0 aromatic carbocycles.